The molecule has 0 bridgehead atoms. The number of benzene rings is 1. The summed E-state index contributed by atoms with van der Waals surface area (Å²) in [7, 11) is 1.65. The van der Waals surface area contributed by atoms with Crippen molar-refractivity contribution < 1.29 is 9.26 Å². The van der Waals surface area contributed by atoms with Crippen LogP contribution in [-0.2, 0) is 5.54 Å². The Morgan fingerprint density at radius 1 is 1.45 bits per heavy atom. The first-order valence-corrected chi connectivity index (χ1v) is 7.01. The highest BCUT2D eigenvalue weighted by molar-refractivity contribution is 5.56. The van der Waals surface area contributed by atoms with E-state index in [4.69, 9.17) is 9.26 Å². The Morgan fingerprint density at radius 2 is 2.35 bits per heavy atom. The summed E-state index contributed by atoms with van der Waals surface area (Å²) < 4.78 is 10.7. The van der Waals surface area contributed by atoms with Crippen LogP contribution in [0.5, 0.6) is 5.75 Å². The van der Waals surface area contributed by atoms with Crippen LogP contribution in [0.1, 0.15) is 32.1 Å². The molecule has 1 saturated heterocycles. The van der Waals surface area contributed by atoms with E-state index in [1.54, 1.807) is 7.11 Å². The predicted octanol–water partition coefficient (Wildman–Crippen LogP) is 2.73. The first kappa shape index (κ1) is 13.1. The Hall–Kier alpha value is -1.88. The van der Waals surface area contributed by atoms with Crippen molar-refractivity contribution in [2.75, 3.05) is 13.7 Å². The van der Waals surface area contributed by atoms with Gasteiger partial charge in [0, 0.05) is 5.56 Å². The zero-order chi connectivity index (χ0) is 14.0. The Bertz CT molecular complexity index is 588. The number of nitrogens with one attached hydrogen (secondary N) is 1. The van der Waals surface area contributed by atoms with Gasteiger partial charge in [-0.25, -0.2) is 0 Å². The summed E-state index contributed by atoms with van der Waals surface area (Å²) in [4.78, 5) is 4.59. The van der Waals surface area contributed by atoms with Gasteiger partial charge in [-0.05, 0) is 37.9 Å². The molecule has 1 aliphatic heterocycles. The van der Waals surface area contributed by atoms with Gasteiger partial charge in [-0.2, -0.15) is 4.98 Å². The van der Waals surface area contributed by atoms with Crippen molar-refractivity contribution in [1.82, 2.24) is 15.5 Å². The number of methoxy groups -OCH3 is 1. The Labute approximate surface area is 118 Å². The molecule has 2 heterocycles. The van der Waals surface area contributed by atoms with Gasteiger partial charge in [0.1, 0.15) is 5.75 Å². The molecule has 1 aliphatic rings. The molecule has 1 aromatic carbocycles. The molecule has 106 valence electrons. The fourth-order valence-electron chi connectivity index (χ4n) is 2.74. The van der Waals surface area contributed by atoms with E-state index in [0.29, 0.717) is 11.7 Å². The molecule has 5 heteroatoms. The van der Waals surface area contributed by atoms with E-state index in [1.807, 2.05) is 24.3 Å². The summed E-state index contributed by atoms with van der Waals surface area (Å²) in [6.45, 7) is 3.15. The number of aromatic nitrogens is 2. The average molecular weight is 273 g/mol. The first-order chi connectivity index (χ1) is 9.77. The lowest BCUT2D eigenvalue weighted by molar-refractivity contribution is 0.250. The molecule has 20 heavy (non-hydrogen) atoms. The second-order valence-electron chi connectivity index (χ2n) is 5.12. The topological polar surface area (TPSA) is 60.2 Å². The number of ether oxygens (including phenoxy) is 1. The van der Waals surface area contributed by atoms with E-state index in [2.05, 4.69) is 22.4 Å². The van der Waals surface area contributed by atoms with Crippen LogP contribution in [0.4, 0.5) is 0 Å². The van der Waals surface area contributed by atoms with Gasteiger partial charge in [0.2, 0.25) is 11.7 Å². The van der Waals surface area contributed by atoms with Crippen molar-refractivity contribution in [3.05, 3.63) is 30.2 Å². The summed E-state index contributed by atoms with van der Waals surface area (Å²) in [5.41, 5.74) is 0.757. The van der Waals surface area contributed by atoms with Gasteiger partial charge in [-0.15, -0.1) is 0 Å². The number of hydrogen-bond acceptors (Lipinski definition) is 5. The molecule has 5 nitrogen and oxygen atoms in total. The quantitative estimate of drug-likeness (QED) is 0.928. The molecule has 1 aromatic heterocycles. The minimum Gasteiger partial charge on any atom is -0.497 e. The molecule has 2 aromatic rings. The number of nitrogens with zero attached hydrogens (tertiary/aromatic N) is 2. The van der Waals surface area contributed by atoms with Crippen molar-refractivity contribution in [3.63, 3.8) is 0 Å². The fraction of sp³-hybridized carbons (Fsp3) is 0.467. The van der Waals surface area contributed by atoms with Crippen molar-refractivity contribution in [3.8, 4) is 17.1 Å². The monoisotopic (exact) mass is 273 g/mol. The highest BCUT2D eigenvalue weighted by atomic mass is 16.5. The maximum atomic E-state index is 5.51. The largest absolute Gasteiger partial charge is 0.497 e. The summed E-state index contributed by atoms with van der Waals surface area (Å²) in [5.74, 6) is 2.09. The normalized spacial score (nSPS) is 22.1. The van der Waals surface area contributed by atoms with Gasteiger partial charge in [-0.3, -0.25) is 0 Å². The van der Waals surface area contributed by atoms with E-state index < -0.39 is 0 Å². The zero-order valence-corrected chi connectivity index (χ0v) is 11.8. The predicted molar refractivity (Wildman–Crippen MR) is 75.5 cm³/mol. The minimum atomic E-state index is -0.149. The molecular weight excluding hydrogens is 254 g/mol. The van der Waals surface area contributed by atoms with Crippen LogP contribution in [0.15, 0.2) is 28.8 Å². The SMILES string of the molecule is CCC1(c2nc(-c3cccc(OC)c3)no2)CCCN1. The number of hydrogen-bond donors (Lipinski definition) is 1. The van der Waals surface area contributed by atoms with Crippen LogP contribution in [-0.4, -0.2) is 23.8 Å². The lowest BCUT2D eigenvalue weighted by Crippen LogP contribution is -2.36. The van der Waals surface area contributed by atoms with Crippen LogP contribution in [0, 0.1) is 0 Å². The Morgan fingerprint density at radius 3 is 3.05 bits per heavy atom. The lowest BCUT2D eigenvalue weighted by atomic mass is 9.94. The van der Waals surface area contributed by atoms with Gasteiger partial charge in [0.05, 0.1) is 12.6 Å². The van der Waals surface area contributed by atoms with E-state index in [9.17, 15) is 0 Å². The summed E-state index contributed by atoms with van der Waals surface area (Å²) >= 11 is 0. The second kappa shape index (κ2) is 5.25. The molecule has 1 N–H and O–H groups in total. The summed E-state index contributed by atoms with van der Waals surface area (Å²) in [6.07, 6.45) is 3.14. The highest BCUT2D eigenvalue weighted by Gasteiger charge is 2.38. The van der Waals surface area contributed by atoms with Crippen molar-refractivity contribution in [2.45, 2.75) is 31.7 Å². The van der Waals surface area contributed by atoms with Gasteiger partial charge in [0.25, 0.3) is 0 Å². The number of rotatable bonds is 4. The molecule has 0 amide bonds. The molecule has 1 unspecified atom stereocenters. The molecule has 0 aliphatic carbocycles. The third kappa shape index (κ3) is 2.18. The minimum absolute atomic E-state index is 0.149. The van der Waals surface area contributed by atoms with Gasteiger partial charge < -0.3 is 14.6 Å². The molecule has 0 saturated carbocycles. The third-order valence-electron chi connectivity index (χ3n) is 4.01. The molecule has 3 rings (SSSR count). The smallest absolute Gasteiger partial charge is 0.247 e. The second-order valence-corrected chi connectivity index (χ2v) is 5.12. The van der Waals surface area contributed by atoms with Crippen LogP contribution >= 0.6 is 0 Å². The van der Waals surface area contributed by atoms with Gasteiger partial charge in [0.15, 0.2) is 0 Å². The maximum absolute atomic E-state index is 5.51. The van der Waals surface area contributed by atoms with Gasteiger partial charge >= 0.3 is 0 Å². The van der Waals surface area contributed by atoms with E-state index in [-0.39, 0.29) is 5.54 Å². The Kier molecular flexibility index (Phi) is 3.44. The van der Waals surface area contributed by atoms with E-state index in [0.717, 1.165) is 37.1 Å². The average Bonchev–Trinajstić information content (AvgIpc) is 3.17. The van der Waals surface area contributed by atoms with E-state index in [1.165, 1.54) is 0 Å². The van der Waals surface area contributed by atoms with E-state index >= 15 is 0 Å². The fourth-order valence-corrected chi connectivity index (χ4v) is 2.74. The standard InChI is InChI=1S/C15H19N3O2/c1-3-15(8-5-9-16-15)14-17-13(18-20-14)11-6-4-7-12(10-11)19-2/h4,6-7,10,16H,3,5,8-9H2,1-2H3. The maximum Gasteiger partial charge on any atom is 0.247 e. The highest BCUT2D eigenvalue weighted by Crippen LogP contribution is 2.34. The zero-order valence-electron chi connectivity index (χ0n) is 11.8. The molecule has 0 radical (unpaired) electrons. The summed E-state index contributed by atoms with van der Waals surface area (Å²) in [5, 5.41) is 7.62. The van der Waals surface area contributed by atoms with Crippen molar-refractivity contribution in [1.29, 1.82) is 0 Å². The van der Waals surface area contributed by atoms with Crippen LogP contribution in [0.25, 0.3) is 11.4 Å². The molecule has 1 atom stereocenters. The van der Waals surface area contributed by atoms with Gasteiger partial charge in [-0.1, -0.05) is 24.2 Å². The van der Waals surface area contributed by atoms with Crippen molar-refractivity contribution in [2.24, 2.45) is 0 Å². The van der Waals surface area contributed by atoms with Crippen LogP contribution in [0.2, 0.25) is 0 Å². The lowest BCUT2D eigenvalue weighted by Gasteiger charge is -2.22. The molecular formula is C15H19N3O2. The first-order valence-electron chi connectivity index (χ1n) is 7.01. The Balaban J connectivity index is 1.93. The molecule has 0 spiro atoms. The summed E-state index contributed by atoms with van der Waals surface area (Å²) in [6, 6.07) is 7.69. The third-order valence-corrected chi connectivity index (χ3v) is 4.01. The van der Waals surface area contributed by atoms with Crippen LogP contribution in [0.3, 0.4) is 0 Å². The van der Waals surface area contributed by atoms with Crippen LogP contribution < -0.4 is 10.1 Å². The molecule has 1 fully saturated rings. The van der Waals surface area contributed by atoms with Crippen molar-refractivity contribution >= 4 is 0 Å².